The molecule has 0 spiro atoms. The van der Waals surface area contributed by atoms with E-state index in [2.05, 4.69) is 6.07 Å². The third-order valence-electron chi connectivity index (χ3n) is 4.54. The topological polar surface area (TPSA) is 40.5 Å². The van der Waals surface area contributed by atoms with E-state index in [9.17, 15) is 4.79 Å². The van der Waals surface area contributed by atoms with Gasteiger partial charge in [0.25, 0.3) is 5.91 Å². The van der Waals surface area contributed by atoms with Crippen molar-refractivity contribution in [2.24, 2.45) is 0 Å². The summed E-state index contributed by atoms with van der Waals surface area (Å²) in [6.45, 7) is 1.11. The lowest BCUT2D eigenvalue weighted by atomic mass is 9.99. The summed E-state index contributed by atoms with van der Waals surface area (Å²) in [5, 5.41) is 8.98. The summed E-state index contributed by atoms with van der Waals surface area (Å²) in [5.41, 5.74) is 1.41. The number of aliphatic hydroxyl groups is 1. The van der Waals surface area contributed by atoms with Crippen LogP contribution in [0.5, 0.6) is 0 Å². The van der Waals surface area contributed by atoms with Crippen molar-refractivity contribution in [3.05, 3.63) is 21.4 Å². The second-order valence-electron chi connectivity index (χ2n) is 5.93. The maximum absolute atomic E-state index is 12.7. The van der Waals surface area contributed by atoms with E-state index in [-0.39, 0.29) is 12.5 Å². The van der Waals surface area contributed by atoms with Crippen LogP contribution in [0.2, 0.25) is 0 Å². The van der Waals surface area contributed by atoms with Crippen molar-refractivity contribution >= 4 is 17.2 Å². The summed E-state index contributed by atoms with van der Waals surface area (Å²) < 4.78 is 0. The zero-order valence-electron chi connectivity index (χ0n) is 11.9. The third kappa shape index (κ3) is 2.77. The van der Waals surface area contributed by atoms with Crippen molar-refractivity contribution in [1.82, 2.24) is 4.90 Å². The predicted octanol–water partition coefficient (Wildman–Crippen LogP) is 3.00. The summed E-state index contributed by atoms with van der Waals surface area (Å²) in [7, 11) is 0. The van der Waals surface area contributed by atoms with Crippen LogP contribution in [-0.2, 0) is 12.8 Å². The smallest absolute Gasteiger partial charge is 0.264 e. The summed E-state index contributed by atoms with van der Waals surface area (Å²) in [4.78, 5) is 17.1. The van der Waals surface area contributed by atoms with Crippen molar-refractivity contribution in [3.8, 4) is 0 Å². The largest absolute Gasteiger partial charge is 0.396 e. The molecular weight excluding hydrogens is 270 g/mol. The minimum atomic E-state index is 0.227. The molecule has 3 rings (SSSR count). The summed E-state index contributed by atoms with van der Waals surface area (Å²) in [6, 6.07) is 2.48. The molecule has 1 aromatic rings. The monoisotopic (exact) mass is 293 g/mol. The Labute approximate surface area is 124 Å². The van der Waals surface area contributed by atoms with Gasteiger partial charge in [-0.25, -0.2) is 0 Å². The normalized spacial score (nSPS) is 22.1. The van der Waals surface area contributed by atoms with Crippen molar-refractivity contribution in [3.63, 3.8) is 0 Å². The number of rotatable bonds is 4. The molecule has 2 aliphatic rings. The van der Waals surface area contributed by atoms with Crippen LogP contribution in [-0.4, -0.2) is 35.1 Å². The molecule has 110 valence electrons. The quantitative estimate of drug-likeness (QED) is 0.927. The molecule has 1 aromatic heterocycles. The van der Waals surface area contributed by atoms with Gasteiger partial charge in [-0.15, -0.1) is 11.3 Å². The number of fused-ring (bicyclic) bond motifs is 1. The van der Waals surface area contributed by atoms with E-state index in [0.29, 0.717) is 6.04 Å². The molecule has 1 fully saturated rings. The fourth-order valence-electron chi connectivity index (χ4n) is 3.47. The van der Waals surface area contributed by atoms with Gasteiger partial charge in [-0.2, -0.15) is 0 Å². The minimum Gasteiger partial charge on any atom is -0.396 e. The molecule has 1 unspecified atom stereocenters. The Morgan fingerprint density at radius 2 is 2.20 bits per heavy atom. The highest BCUT2D eigenvalue weighted by molar-refractivity contribution is 7.14. The van der Waals surface area contributed by atoms with Crippen LogP contribution < -0.4 is 0 Å². The molecule has 4 heteroatoms. The van der Waals surface area contributed by atoms with E-state index in [1.54, 1.807) is 11.3 Å². The van der Waals surface area contributed by atoms with E-state index in [4.69, 9.17) is 5.11 Å². The molecule has 0 aromatic carbocycles. The first kappa shape index (κ1) is 14.1. The molecule has 1 atom stereocenters. The lowest BCUT2D eigenvalue weighted by Gasteiger charge is -2.24. The Bertz CT molecular complexity index is 459. The molecule has 1 aliphatic carbocycles. The van der Waals surface area contributed by atoms with Gasteiger partial charge in [0.05, 0.1) is 4.88 Å². The number of thiophene rings is 1. The highest BCUT2D eigenvalue weighted by atomic mass is 32.1. The number of hydrogen-bond donors (Lipinski definition) is 1. The molecule has 0 radical (unpaired) electrons. The van der Waals surface area contributed by atoms with Gasteiger partial charge in [0, 0.05) is 24.1 Å². The van der Waals surface area contributed by atoms with E-state index < -0.39 is 0 Å². The Hall–Kier alpha value is -0.870. The van der Waals surface area contributed by atoms with Gasteiger partial charge in [-0.3, -0.25) is 4.79 Å². The molecule has 20 heavy (non-hydrogen) atoms. The number of aryl methyl sites for hydroxylation is 2. The molecule has 3 nitrogen and oxygen atoms in total. The van der Waals surface area contributed by atoms with E-state index >= 15 is 0 Å². The number of aliphatic hydroxyl groups excluding tert-OH is 1. The third-order valence-corrected chi connectivity index (χ3v) is 5.77. The van der Waals surface area contributed by atoms with Gasteiger partial charge >= 0.3 is 0 Å². The molecule has 0 saturated carbocycles. The van der Waals surface area contributed by atoms with Gasteiger partial charge < -0.3 is 10.0 Å². The number of carbonyl (C=O) groups excluding carboxylic acids is 1. The first-order valence-electron chi connectivity index (χ1n) is 7.83. The lowest BCUT2D eigenvalue weighted by molar-refractivity contribution is 0.0729. The number of likely N-dealkylation sites (tertiary alicyclic amines) is 1. The zero-order valence-corrected chi connectivity index (χ0v) is 12.8. The van der Waals surface area contributed by atoms with Crippen LogP contribution in [0.15, 0.2) is 6.07 Å². The maximum Gasteiger partial charge on any atom is 0.264 e. The molecule has 1 amide bonds. The summed E-state index contributed by atoms with van der Waals surface area (Å²) >= 11 is 1.72. The second-order valence-corrected chi connectivity index (χ2v) is 7.06. The predicted molar refractivity (Wildman–Crippen MR) is 81.3 cm³/mol. The highest BCUT2D eigenvalue weighted by Crippen LogP contribution is 2.32. The molecule has 2 heterocycles. The number of nitrogens with zero attached hydrogens (tertiary/aromatic N) is 1. The van der Waals surface area contributed by atoms with E-state index in [0.717, 1.165) is 49.9 Å². The average Bonchev–Trinajstić information content (AvgIpc) is 3.10. The number of amides is 1. The van der Waals surface area contributed by atoms with Crippen LogP contribution >= 0.6 is 11.3 Å². The molecular formula is C16H23NO2S. The first-order chi connectivity index (χ1) is 9.79. The number of hydrogen-bond acceptors (Lipinski definition) is 3. The van der Waals surface area contributed by atoms with E-state index in [1.807, 2.05) is 4.90 Å². The molecule has 1 saturated heterocycles. The van der Waals surface area contributed by atoms with Crippen LogP contribution in [0.3, 0.4) is 0 Å². The lowest BCUT2D eigenvalue weighted by Crippen LogP contribution is -2.35. The fraction of sp³-hybridized carbons (Fsp3) is 0.688. The molecule has 1 N–H and O–H groups in total. The Morgan fingerprint density at radius 3 is 3.00 bits per heavy atom. The average molecular weight is 293 g/mol. The zero-order chi connectivity index (χ0) is 13.9. The number of carbonyl (C=O) groups is 1. The molecule has 0 bridgehead atoms. The van der Waals surface area contributed by atoms with Crippen molar-refractivity contribution < 1.29 is 9.90 Å². The van der Waals surface area contributed by atoms with Gasteiger partial charge in [0.15, 0.2) is 0 Å². The fourth-order valence-corrected chi connectivity index (χ4v) is 4.68. The van der Waals surface area contributed by atoms with Crippen molar-refractivity contribution in [2.45, 2.75) is 57.4 Å². The SMILES string of the molecule is O=C(c1cc2c(s1)CCCC2)N1CCCC1CCCO. The molecule has 1 aliphatic heterocycles. The van der Waals surface area contributed by atoms with Crippen molar-refractivity contribution in [1.29, 1.82) is 0 Å². The summed E-state index contributed by atoms with van der Waals surface area (Å²) in [6.07, 6.45) is 8.77. The van der Waals surface area contributed by atoms with Crippen LogP contribution in [0, 0.1) is 0 Å². The van der Waals surface area contributed by atoms with E-state index in [1.165, 1.54) is 23.3 Å². The van der Waals surface area contributed by atoms with Gasteiger partial charge in [0.1, 0.15) is 0 Å². The minimum absolute atomic E-state index is 0.227. The first-order valence-corrected chi connectivity index (χ1v) is 8.64. The van der Waals surface area contributed by atoms with Gasteiger partial charge in [0.2, 0.25) is 0 Å². The Balaban J connectivity index is 1.72. The van der Waals surface area contributed by atoms with Gasteiger partial charge in [-0.05, 0) is 63.0 Å². The highest BCUT2D eigenvalue weighted by Gasteiger charge is 2.30. The van der Waals surface area contributed by atoms with Crippen molar-refractivity contribution in [2.75, 3.05) is 13.2 Å². The Morgan fingerprint density at radius 1 is 1.35 bits per heavy atom. The second kappa shape index (κ2) is 6.27. The Kier molecular flexibility index (Phi) is 4.41. The standard InChI is InChI=1S/C16H23NO2S/c18-10-4-7-13-6-3-9-17(13)16(19)15-11-12-5-1-2-8-14(12)20-15/h11,13,18H,1-10H2. The summed E-state index contributed by atoms with van der Waals surface area (Å²) in [5.74, 6) is 0.227. The van der Waals surface area contributed by atoms with Gasteiger partial charge in [-0.1, -0.05) is 0 Å². The van der Waals surface area contributed by atoms with Crippen LogP contribution in [0.4, 0.5) is 0 Å². The van der Waals surface area contributed by atoms with Crippen LogP contribution in [0.1, 0.15) is 58.6 Å². The van der Waals surface area contributed by atoms with Crippen LogP contribution in [0.25, 0.3) is 0 Å². The maximum atomic E-state index is 12.7.